The fraction of sp³-hybridized carbons (Fsp3) is 0.0385. The molecule has 0 aliphatic rings. The highest BCUT2D eigenvalue weighted by Crippen LogP contribution is 2.34. The van der Waals surface area contributed by atoms with E-state index in [0.717, 1.165) is 28.3 Å². The van der Waals surface area contributed by atoms with Crippen molar-refractivity contribution in [1.29, 1.82) is 0 Å². The first-order chi connectivity index (χ1) is 14.3. The van der Waals surface area contributed by atoms with Gasteiger partial charge in [-0.1, -0.05) is 60.7 Å². The van der Waals surface area contributed by atoms with E-state index in [1.165, 1.54) is 4.90 Å². The highest BCUT2D eigenvalue weighted by Gasteiger charge is 2.11. The van der Waals surface area contributed by atoms with Gasteiger partial charge < -0.3 is 4.90 Å². The maximum atomic E-state index is 4.68. The number of anilines is 3. The maximum Gasteiger partial charge on any atom is 0.0765 e. The molecule has 4 aromatic rings. The lowest BCUT2D eigenvalue weighted by atomic mass is 10.1. The maximum absolute atomic E-state index is 4.68. The van der Waals surface area contributed by atoms with Crippen molar-refractivity contribution in [3.63, 3.8) is 0 Å². The monoisotopic (exact) mass is 394 g/mol. The van der Waals surface area contributed by atoms with E-state index < -0.39 is 0 Å². The van der Waals surface area contributed by atoms with Crippen LogP contribution >= 0.6 is 11.8 Å². The van der Waals surface area contributed by atoms with Gasteiger partial charge in [0.15, 0.2) is 0 Å². The molecule has 0 atom stereocenters. The van der Waals surface area contributed by atoms with E-state index in [0.29, 0.717) is 0 Å². The zero-order valence-electron chi connectivity index (χ0n) is 16.3. The van der Waals surface area contributed by atoms with Crippen molar-refractivity contribution >= 4 is 40.7 Å². The zero-order chi connectivity index (χ0) is 19.9. The molecular formula is C26H22N2S. The van der Waals surface area contributed by atoms with Crippen molar-refractivity contribution in [2.45, 2.75) is 4.90 Å². The summed E-state index contributed by atoms with van der Waals surface area (Å²) in [4.78, 5) is 8.11. The lowest BCUT2D eigenvalue weighted by Crippen LogP contribution is -2.09. The summed E-state index contributed by atoms with van der Waals surface area (Å²) in [5, 5.41) is 0. The predicted molar refractivity (Wildman–Crippen MR) is 127 cm³/mol. The van der Waals surface area contributed by atoms with Crippen LogP contribution in [0.1, 0.15) is 5.56 Å². The lowest BCUT2D eigenvalue weighted by molar-refractivity contribution is 1.28. The molecule has 0 aromatic heterocycles. The van der Waals surface area contributed by atoms with Gasteiger partial charge in [0.05, 0.1) is 5.69 Å². The number of thioether (sulfide) groups is 1. The highest BCUT2D eigenvalue weighted by atomic mass is 32.2. The molecule has 142 valence electrons. The van der Waals surface area contributed by atoms with Crippen LogP contribution in [0.25, 0.3) is 0 Å². The number of hydrogen-bond acceptors (Lipinski definition) is 3. The molecular weight excluding hydrogens is 372 g/mol. The van der Waals surface area contributed by atoms with Crippen molar-refractivity contribution < 1.29 is 0 Å². The van der Waals surface area contributed by atoms with Crippen molar-refractivity contribution in [2.24, 2.45) is 4.99 Å². The van der Waals surface area contributed by atoms with E-state index in [1.54, 1.807) is 11.8 Å². The van der Waals surface area contributed by atoms with Crippen molar-refractivity contribution in [2.75, 3.05) is 11.2 Å². The molecule has 0 aliphatic carbocycles. The van der Waals surface area contributed by atoms with E-state index >= 15 is 0 Å². The average Bonchev–Trinajstić information content (AvgIpc) is 2.80. The molecule has 3 heteroatoms. The summed E-state index contributed by atoms with van der Waals surface area (Å²) < 4.78 is 0. The molecule has 0 N–H and O–H groups in total. The summed E-state index contributed by atoms with van der Waals surface area (Å²) >= 11 is 1.71. The third-order valence-electron chi connectivity index (χ3n) is 4.62. The second kappa shape index (κ2) is 9.26. The number of nitrogens with zero attached hydrogens (tertiary/aromatic N) is 2. The average molecular weight is 395 g/mol. The van der Waals surface area contributed by atoms with Crippen LogP contribution in [0.2, 0.25) is 0 Å². The SMILES string of the molecule is CSc1ccccc1N=Cc1ccc(N(c2ccccc2)c2ccccc2)cc1. The molecule has 29 heavy (non-hydrogen) atoms. The molecule has 0 fully saturated rings. The van der Waals surface area contributed by atoms with Crippen LogP contribution in [-0.2, 0) is 0 Å². The van der Waals surface area contributed by atoms with Gasteiger partial charge in [-0.25, -0.2) is 0 Å². The fourth-order valence-corrected chi connectivity index (χ4v) is 3.74. The Balaban J connectivity index is 1.63. The molecule has 0 aliphatic heterocycles. The number of rotatable bonds is 6. The molecule has 4 aromatic carbocycles. The topological polar surface area (TPSA) is 15.6 Å². The first-order valence-electron chi connectivity index (χ1n) is 9.52. The minimum absolute atomic E-state index is 0.999. The van der Waals surface area contributed by atoms with Gasteiger partial charge in [-0.05, 0) is 60.4 Å². The minimum atomic E-state index is 0.999. The summed E-state index contributed by atoms with van der Waals surface area (Å²) in [5.74, 6) is 0. The third kappa shape index (κ3) is 4.58. The van der Waals surface area contributed by atoms with Crippen LogP contribution in [-0.4, -0.2) is 12.5 Å². The number of para-hydroxylation sites is 3. The Hall–Kier alpha value is -3.30. The molecule has 0 bridgehead atoms. The Morgan fingerprint density at radius 3 is 1.72 bits per heavy atom. The van der Waals surface area contributed by atoms with Gasteiger partial charge in [0.25, 0.3) is 0 Å². The Labute approximate surface area is 176 Å². The number of aliphatic imine (C=N–C) groups is 1. The summed E-state index contributed by atoms with van der Waals surface area (Å²) in [6.07, 6.45) is 4.00. The molecule has 2 nitrogen and oxygen atoms in total. The van der Waals surface area contributed by atoms with Gasteiger partial charge in [0, 0.05) is 28.2 Å². The number of hydrogen-bond donors (Lipinski definition) is 0. The summed E-state index contributed by atoms with van der Waals surface area (Å²) in [6.45, 7) is 0. The van der Waals surface area contributed by atoms with Gasteiger partial charge >= 0.3 is 0 Å². The smallest absolute Gasteiger partial charge is 0.0765 e. The molecule has 0 radical (unpaired) electrons. The molecule has 0 unspecified atom stereocenters. The van der Waals surface area contributed by atoms with E-state index in [1.807, 2.05) is 36.5 Å². The van der Waals surface area contributed by atoms with Gasteiger partial charge in [0.2, 0.25) is 0 Å². The predicted octanol–water partition coefficient (Wildman–Crippen LogP) is 7.63. The van der Waals surface area contributed by atoms with Crippen LogP contribution in [0.3, 0.4) is 0 Å². The van der Waals surface area contributed by atoms with Crippen LogP contribution < -0.4 is 4.90 Å². The van der Waals surface area contributed by atoms with E-state index in [-0.39, 0.29) is 0 Å². The van der Waals surface area contributed by atoms with Crippen LogP contribution in [0.4, 0.5) is 22.7 Å². The fourth-order valence-electron chi connectivity index (χ4n) is 3.19. The molecule has 0 spiro atoms. The Morgan fingerprint density at radius 2 is 1.14 bits per heavy atom. The normalized spacial score (nSPS) is 10.9. The minimum Gasteiger partial charge on any atom is -0.311 e. The van der Waals surface area contributed by atoms with E-state index in [9.17, 15) is 0 Å². The van der Waals surface area contributed by atoms with Gasteiger partial charge in [-0.15, -0.1) is 11.8 Å². The van der Waals surface area contributed by atoms with Crippen molar-refractivity contribution in [3.05, 3.63) is 115 Å². The Morgan fingerprint density at radius 1 is 0.621 bits per heavy atom. The third-order valence-corrected chi connectivity index (χ3v) is 5.40. The Bertz CT molecular complexity index is 1030. The van der Waals surface area contributed by atoms with Gasteiger partial charge in [-0.2, -0.15) is 0 Å². The highest BCUT2D eigenvalue weighted by molar-refractivity contribution is 7.98. The molecule has 0 saturated heterocycles. The van der Waals surface area contributed by atoms with Gasteiger partial charge in [0.1, 0.15) is 0 Å². The molecule has 4 rings (SSSR count). The number of benzene rings is 4. The van der Waals surface area contributed by atoms with E-state index in [4.69, 9.17) is 0 Å². The van der Waals surface area contributed by atoms with Crippen molar-refractivity contribution in [3.8, 4) is 0 Å². The first kappa shape index (κ1) is 19.0. The van der Waals surface area contributed by atoms with Crippen LogP contribution in [0.5, 0.6) is 0 Å². The lowest BCUT2D eigenvalue weighted by Gasteiger charge is -2.25. The summed E-state index contributed by atoms with van der Waals surface area (Å²) in [7, 11) is 0. The first-order valence-corrected chi connectivity index (χ1v) is 10.7. The summed E-state index contributed by atoms with van der Waals surface area (Å²) in [6, 6.07) is 37.6. The quantitative estimate of drug-likeness (QED) is 0.247. The van der Waals surface area contributed by atoms with E-state index in [2.05, 4.69) is 95.0 Å². The van der Waals surface area contributed by atoms with Crippen LogP contribution in [0.15, 0.2) is 119 Å². The van der Waals surface area contributed by atoms with Crippen LogP contribution in [0, 0.1) is 0 Å². The molecule has 0 heterocycles. The summed E-state index contributed by atoms with van der Waals surface area (Å²) in [5.41, 5.74) is 5.46. The molecule has 0 amide bonds. The standard InChI is InChI=1S/C26H22N2S/c1-29-26-15-9-8-14-25(26)27-20-21-16-18-24(19-17-21)28(22-10-4-2-5-11-22)23-12-6-3-7-13-23/h2-20H,1H3. The van der Waals surface area contributed by atoms with Gasteiger partial charge in [-0.3, -0.25) is 4.99 Å². The van der Waals surface area contributed by atoms with Crippen molar-refractivity contribution in [1.82, 2.24) is 0 Å². The zero-order valence-corrected chi connectivity index (χ0v) is 17.1. The second-order valence-corrected chi connectivity index (χ2v) is 7.38. The molecule has 0 saturated carbocycles. The second-order valence-electron chi connectivity index (χ2n) is 6.53. The Kier molecular flexibility index (Phi) is 6.08. The largest absolute Gasteiger partial charge is 0.311 e.